The predicted octanol–water partition coefficient (Wildman–Crippen LogP) is 1.03. The van der Waals surface area contributed by atoms with E-state index in [1.807, 2.05) is 11.8 Å². The average Bonchev–Trinajstić information content (AvgIpc) is 2.60. The second-order valence-electron chi connectivity index (χ2n) is 4.92. The summed E-state index contributed by atoms with van der Waals surface area (Å²) in [5.41, 5.74) is 0.213. The molecular weight excluding hydrogens is 210 g/mol. The lowest BCUT2D eigenvalue weighted by Crippen LogP contribution is -2.55. The van der Waals surface area contributed by atoms with E-state index in [9.17, 15) is 0 Å². The molecule has 3 aliphatic heterocycles. The Kier molecular flexibility index (Phi) is 2.94. The van der Waals surface area contributed by atoms with E-state index in [-0.39, 0.29) is 5.60 Å². The van der Waals surface area contributed by atoms with Crippen molar-refractivity contribution in [3.05, 3.63) is 0 Å². The summed E-state index contributed by atoms with van der Waals surface area (Å²) in [5.74, 6) is 2.48. The monoisotopic (exact) mass is 229 g/mol. The number of hydrogen-bond acceptors (Lipinski definition) is 4. The number of rotatable bonds is 2. The van der Waals surface area contributed by atoms with Crippen molar-refractivity contribution in [3.63, 3.8) is 0 Å². The minimum atomic E-state index is 0.213. The standard InChI is InChI=1S/C11H19NO2S/c1-3-14-11(2-4-15-8-11)5-9(1)12-10-6-13-7-10/h9-10,12H,1-8H2. The molecule has 2 unspecified atom stereocenters. The molecule has 2 atom stereocenters. The lowest BCUT2D eigenvalue weighted by molar-refractivity contribution is -0.0811. The molecular formula is C11H19NO2S. The number of thioether (sulfide) groups is 1. The van der Waals surface area contributed by atoms with Crippen molar-refractivity contribution in [1.82, 2.24) is 5.32 Å². The minimum Gasteiger partial charge on any atom is -0.378 e. The van der Waals surface area contributed by atoms with E-state index in [4.69, 9.17) is 9.47 Å². The largest absolute Gasteiger partial charge is 0.378 e. The fraction of sp³-hybridized carbons (Fsp3) is 1.00. The van der Waals surface area contributed by atoms with Crippen LogP contribution in [0.5, 0.6) is 0 Å². The molecule has 0 aromatic rings. The van der Waals surface area contributed by atoms with Crippen molar-refractivity contribution in [2.75, 3.05) is 31.3 Å². The Morgan fingerprint density at radius 2 is 2.20 bits per heavy atom. The maximum Gasteiger partial charge on any atom is 0.0795 e. The van der Waals surface area contributed by atoms with E-state index in [1.165, 1.54) is 30.8 Å². The summed E-state index contributed by atoms with van der Waals surface area (Å²) in [4.78, 5) is 0. The van der Waals surface area contributed by atoms with E-state index >= 15 is 0 Å². The zero-order chi connectivity index (χ0) is 10.1. The van der Waals surface area contributed by atoms with Gasteiger partial charge in [0.15, 0.2) is 0 Å². The Morgan fingerprint density at radius 3 is 2.87 bits per heavy atom. The van der Waals surface area contributed by atoms with Gasteiger partial charge < -0.3 is 14.8 Å². The summed E-state index contributed by atoms with van der Waals surface area (Å²) in [5, 5.41) is 3.69. The second kappa shape index (κ2) is 4.24. The van der Waals surface area contributed by atoms with Gasteiger partial charge in [-0.2, -0.15) is 11.8 Å². The van der Waals surface area contributed by atoms with Crippen LogP contribution in [-0.2, 0) is 9.47 Å². The number of ether oxygens (including phenoxy) is 2. The van der Waals surface area contributed by atoms with Crippen LogP contribution < -0.4 is 5.32 Å². The fourth-order valence-corrected chi connectivity index (χ4v) is 4.08. The van der Waals surface area contributed by atoms with Gasteiger partial charge in [0.05, 0.1) is 24.9 Å². The van der Waals surface area contributed by atoms with Crippen LogP contribution >= 0.6 is 11.8 Å². The smallest absolute Gasteiger partial charge is 0.0795 e. The third-order valence-corrected chi connectivity index (χ3v) is 4.89. The van der Waals surface area contributed by atoms with Gasteiger partial charge in [0.25, 0.3) is 0 Å². The van der Waals surface area contributed by atoms with Gasteiger partial charge in [-0.25, -0.2) is 0 Å². The van der Waals surface area contributed by atoms with Gasteiger partial charge in [0.1, 0.15) is 0 Å². The van der Waals surface area contributed by atoms with E-state index in [0.29, 0.717) is 12.1 Å². The average molecular weight is 229 g/mol. The molecule has 0 aliphatic carbocycles. The summed E-state index contributed by atoms with van der Waals surface area (Å²) in [6.07, 6.45) is 3.62. The Labute approximate surface area is 95.3 Å². The molecule has 0 radical (unpaired) electrons. The van der Waals surface area contributed by atoms with Crippen molar-refractivity contribution >= 4 is 11.8 Å². The molecule has 15 heavy (non-hydrogen) atoms. The van der Waals surface area contributed by atoms with Crippen LogP contribution in [0.15, 0.2) is 0 Å². The molecule has 3 heterocycles. The Morgan fingerprint density at radius 1 is 1.27 bits per heavy atom. The molecule has 86 valence electrons. The molecule has 0 amide bonds. The lowest BCUT2D eigenvalue weighted by Gasteiger charge is -2.41. The highest BCUT2D eigenvalue weighted by atomic mass is 32.2. The molecule has 4 heteroatoms. The SMILES string of the molecule is C1CC(NC2COC2)CC2(CCSC2)O1. The highest BCUT2D eigenvalue weighted by Crippen LogP contribution is 2.38. The second-order valence-corrected chi connectivity index (χ2v) is 6.03. The van der Waals surface area contributed by atoms with Gasteiger partial charge in [-0.1, -0.05) is 0 Å². The van der Waals surface area contributed by atoms with Crippen molar-refractivity contribution in [2.45, 2.75) is 36.9 Å². The molecule has 0 aromatic heterocycles. The van der Waals surface area contributed by atoms with Crippen LogP contribution in [0.1, 0.15) is 19.3 Å². The van der Waals surface area contributed by atoms with Crippen LogP contribution in [-0.4, -0.2) is 49.0 Å². The predicted molar refractivity (Wildman–Crippen MR) is 61.4 cm³/mol. The highest BCUT2D eigenvalue weighted by molar-refractivity contribution is 7.99. The van der Waals surface area contributed by atoms with Gasteiger partial charge in [-0.15, -0.1) is 0 Å². The Balaban J connectivity index is 1.55. The van der Waals surface area contributed by atoms with Crippen molar-refractivity contribution in [2.24, 2.45) is 0 Å². The first kappa shape index (κ1) is 10.4. The minimum absolute atomic E-state index is 0.213. The molecule has 3 fully saturated rings. The zero-order valence-electron chi connectivity index (χ0n) is 9.04. The van der Waals surface area contributed by atoms with Crippen LogP contribution in [0.25, 0.3) is 0 Å². The molecule has 1 spiro atoms. The van der Waals surface area contributed by atoms with Crippen molar-refractivity contribution < 1.29 is 9.47 Å². The number of nitrogens with one attached hydrogen (secondary N) is 1. The quantitative estimate of drug-likeness (QED) is 0.766. The fourth-order valence-electron chi connectivity index (χ4n) is 2.70. The van der Waals surface area contributed by atoms with Gasteiger partial charge >= 0.3 is 0 Å². The topological polar surface area (TPSA) is 30.5 Å². The zero-order valence-corrected chi connectivity index (χ0v) is 9.85. The van der Waals surface area contributed by atoms with Crippen LogP contribution in [0.2, 0.25) is 0 Å². The molecule has 3 aliphatic rings. The molecule has 0 saturated carbocycles. The first-order valence-electron chi connectivity index (χ1n) is 5.92. The number of hydrogen-bond donors (Lipinski definition) is 1. The molecule has 0 aromatic carbocycles. The summed E-state index contributed by atoms with van der Waals surface area (Å²) in [7, 11) is 0. The van der Waals surface area contributed by atoms with Gasteiger partial charge in [0, 0.05) is 18.4 Å². The highest BCUT2D eigenvalue weighted by Gasteiger charge is 2.41. The first-order valence-corrected chi connectivity index (χ1v) is 7.07. The van der Waals surface area contributed by atoms with Crippen LogP contribution in [0, 0.1) is 0 Å². The maximum atomic E-state index is 6.00. The third kappa shape index (κ3) is 2.18. The summed E-state index contributed by atoms with van der Waals surface area (Å²) in [6.45, 7) is 2.74. The van der Waals surface area contributed by atoms with Gasteiger partial charge in [-0.3, -0.25) is 0 Å². The van der Waals surface area contributed by atoms with E-state index in [2.05, 4.69) is 5.32 Å². The van der Waals surface area contributed by atoms with Crippen LogP contribution in [0.4, 0.5) is 0 Å². The van der Waals surface area contributed by atoms with Crippen molar-refractivity contribution in [3.8, 4) is 0 Å². The molecule has 3 nitrogen and oxygen atoms in total. The Bertz CT molecular complexity index is 227. The van der Waals surface area contributed by atoms with E-state index in [0.717, 1.165) is 19.8 Å². The molecule has 3 rings (SSSR count). The summed E-state index contributed by atoms with van der Waals surface area (Å²) in [6, 6.07) is 1.27. The lowest BCUT2D eigenvalue weighted by atomic mass is 9.89. The summed E-state index contributed by atoms with van der Waals surface area (Å²) >= 11 is 2.04. The first-order chi connectivity index (χ1) is 7.36. The normalized spacial score (nSPS) is 42.0. The van der Waals surface area contributed by atoms with Crippen LogP contribution in [0.3, 0.4) is 0 Å². The van der Waals surface area contributed by atoms with E-state index < -0.39 is 0 Å². The van der Waals surface area contributed by atoms with Gasteiger partial charge in [0.2, 0.25) is 0 Å². The maximum absolute atomic E-state index is 6.00. The Hall–Kier alpha value is 0.230. The summed E-state index contributed by atoms with van der Waals surface area (Å²) < 4.78 is 11.2. The molecule has 3 saturated heterocycles. The third-order valence-electron chi connectivity index (χ3n) is 3.67. The van der Waals surface area contributed by atoms with E-state index in [1.54, 1.807) is 0 Å². The van der Waals surface area contributed by atoms with Crippen molar-refractivity contribution in [1.29, 1.82) is 0 Å². The van der Waals surface area contributed by atoms with Gasteiger partial charge in [-0.05, 0) is 25.0 Å². The molecule has 0 bridgehead atoms. The molecule has 1 N–H and O–H groups in total.